The number of carbonyl (C=O) groups is 2. The summed E-state index contributed by atoms with van der Waals surface area (Å²) in [7, 11) is 0. The second-order valence-electron chi connectivity index (χ2n) is 7.71. The summed E-state index contributed by atoms with van der Waals surface area (Å²) in [4.78, 5) is 28.8. The molecule has 3 aromatic heterocycles. The Labute approximate surface area is 205 Å². The lowest BCUT2D eigenvalue weighted by molar-refractivity contribution is -0.111. The summed E-state index contributed by atoms with van der Waals surface area (Å²) in [5, 5.41) is 20.8. The molecule has 36 heavy (non-hydrogen) atoms. The van der Waals surface area contributed by atoms with Crippen LogP contribution in [0.5, 0.6) is 0 Å². The number of rotatable bonds is 7. The lowest BCUT2D eigenvalue weighted by Crippen LogP contribution is -2.14. The van der Waals surface area contributed by atoms with Crippen molar-refractivity contribution in [1.82, 2.24) is 30.2 Å². The molecule has 2 aromatic carbocycles. The number of benzene rings is 2. The highest BCUT2D eigenvalue weighted by molar-refractivity contribution is 6.03. The number of carbonyl (C=O) groups excluding carboxylic acids is 2. The monoisotopic (exact) mass is 476 g/mol. The quantitative estimate of drug-likeness (QED) is 0.303. The molecule has 0 unspecified atom stereocenters. The van der Waals surface area contributed by atoms with Gasteiger partial charge in [0.2, 0.25) is 5.91 Å². The normalized spacial score (nSPS) is 10.6. The second-order valence-corrected chi connectivity index (χ2v) is 7.71. The maximum absolute atomic E-state index is 12.8. The van der Waals surface area contributed by atoms with Gasteiger partial charge in [0.15, 0.2) is 0 Å². The zero-order valence-corrected chi connectivity index (χ0v) is 18.9. The first-order chi connectivity index (χ1) is 17.6. The molecule has 3 N–H and O–H groups in total. The highest BCUT2D eigenvalue weighted by Gasteiger charge is 2.12. The van der Waals surface area contributed by atoms with Gasteiger partial charge in [0, 0.05) is 23.1 Å². The van der Waals surface area contributed by atoms with Crippen molar-refractivity contribution in [3.05, 3.63) is 104 Å². The number of aromatic nitrogens is 6. The van der Waals surface area contributed by atoms with Crippen molar-refractivity contribution in [2.24, 2.45) is 0 Å². The van der Waals surface area contributed by atoms with Crippen LogP contribution in [-0.2, 0) is 4.79 Å². The van der Waals surface area contributed by atoms with E-state index in [1.165, 1.54) is 6.08 Å². The van der Waals surface area contributed by atoms with Crippen LogP contribution in [0.25, 0.3) is 28.3 Å². The zero-order chi connectivity index (χ0) is 24.9. The van der Waals surface area contributed by atoms with Crippen LogP contribution in [0.1, 0.15) is 10.5 Å². The lowest BCUT2D eigenvalue weighted by Gasteiger charge is -2.08. The maximum atomic E-state index is 12.8. The number of H-pyrrole nitrogens is 1. The van der Waals surface area contributed by atoms with Crippen molar-refractivity contribution in [3.63, 3.8) is 0 Å². The van der Waals surface area contributed by atoms with Crippen LogP contribution in [0.15, 0.2) is 97.8 Å². The molecule has 0 saturated heterocycles. The highest BCUT2D eigenvalue weighted by atomic mass is 16.2. The van der Waals surface area contributed by atoms with Gasteiger partial charge >= 0.3 is 0 Å². The molecule has 0 aliphatic heterocycles. The van der Waals surface area contributed by atoms with Crippen LogP contribution in [0, 0.1) is 0 Å². The first-order valence-corrected chi connectivity index (χ1v) is 10.9. The van der Waals surface area contributed by atoms with E-state index in [-0.39, 0.29) is 17.5 Å². The van der Waals surface area contributed by atoms with Crippen molar-refractivity contribution in [2.45, 2.75) is 0 Å². The van der Waals surface area contributed by atoms with Gasteiger partial charge in [-0.05, 0) is 54.6 Å². The Bertz CT molecular complexity index is 1560. The fourth-order valence-electron chi connectivity index (χ4n) is 3.50. The van der Waals surface area contributed by atoms with Gasteiger partial charge in [-0.15, -0.1) is 5.10 Å². The van der Waals surface area contributed by atoms with Crippen molar-refractivity contribution < 1.29 is 9.59 Å². The molecule has 5 aromatic rings. The number of aromatic amines is 1. The van der Waals surface area contributed by atoms with Crippen LogP contribution < -0.4 is 10.6 Å². The Morgan fingerprint density at radius 1 is 0.917 bits per heavy atom. The van der Waals surface area contributed by atoms with Gasteiger partial charge in [-0.1, -0.05) is 36.1 Å². The Morgan fingerprint density at radius 3 is 2.53 bits per heavy atom. The molecule has 0 atom stereocenters. The van der Waals surface area contributed by atoms with Gasteiger partial charge in [-0.3, -0.25) is 14.7 Å². The maximum Gasteiger partial charge on any atom is 0.274 e. The minimum absolute atomic E-state index is 0.277. The number of anilines is 2. The largest absolute Gasteiger partial charge is 0.323 e. The standard InChI is InChI=1S/C26H20N8O2/c1-2-25(35)28-18-7-3-6-17(14-18)24-16-34(33-32-24)20-9-4-8-19(15-20)29-26(36)23-11-5-10-21(30-23)22-12-13-27-31-22/h2-16H,1H2,(H,27,31)(H,28,35)(H,29,36). The van der Waals surface area contributed by atoms with E-state index in [2.05, 4.69) is 42.7 Å². The summed E-state index contributed by atoms with van der Waals surface area (Å²) in [6.07, 6.45) is 4.61. The molecule has 3 heterocycles. The van der Waals surface area contributed by atoms with E-state index >= 15 is 0 Å². The molecule has 2 amide bonds. The molecule has 0 spiro atoms. The molecule has 0 aliphatic rings. The average Bonchev–Trinajstić information content (AvgIpc) is 3.62. The number of hydrogen-bond acceptors (Lipinski definition) is 6. The number of nitrogens with one attached hydrogen (secondary N) is 3. The molecule has 176 valence electrons. The molecule has 0 fully saturated rings. The lowest BCUT2D eigenvalue weighted by atomic mass is 10.1. The minimum atomic E-state index is -0.341. The fourth-order valence-corrected chi connectivity index (χ4v) is 3.50. The first kappa shape index (κ1) is 22.4. The Morgan fingerprint density at radius 2 is 1.72 bits per heavy atom. The number of hydrogen-bond donors (Lipinski definition) is 3. The van der Waals surface area contributed by atoms with Crippen LogP contribution in [0.3, 0.4) is 0 Å². The van der Waals surface area contributed by atoms with Gasteiger partial charge in [-0.25, -0.2) is 9.67 Å². The molecule has 0 aliphatic carbocycles. The van der Waals surface area contributed by atoms with Crippen LogP contribution in [0.2, 0.25) is 0 Å². The topological polar surface area (TPSA) is 130 Å². The minimum Gasteiger partial charge on any atom is -0.323 e. The van der Waals surface area contributed by atoms with E-state index in [1.54, 1.807) is 65.6 Å². The highest BCUT2D eigenvalue weighted by Crippen LogP contribution is 2.23. The van der Waals surface area contributed by atoms with Gasteiger partial charge in [0.1, 0.15) is 11.4 Å². The van der Waals surface area contributed by atoms with Crippen LogP contribution in [0.4, 0.5) is 11.4 Å². The number of pyridine rings is 1. The second kappa shape index (κ2) is 9.85. The number of nitrogens with zero attached hydrogens (tertiary/aromatic N) is 5. The van der Waals surface area contributed by atoms with E-state index in [4.69, 9.17) is 0 Å². The smallest absolute Gasteiger partial charge is 0.274 e. The van der Waals surface area contributed by atoms with Crippen molar-refractivity contribution in [2.75, 3.05) is 10.6 Å². The summed E-state index contributed by atoms with van der Waals surface area (Å²) in [6, 6.07) is 21.5. The van der Waals surface area contributed by atoms with E-state index in [0.29, 0.717) is 28.5 Å². The average molecular weight is 477 g/mol. The molecule has 10 heteroatoms. The number of amides is 2. The van der Waals surface area contributed by atoms with Gasteiger partial charge in [0.25, 0.3) is 5.91 Å². The third-order valence-corrected chi connectivity index (χ3v) is 5.23. The first-order valence-electron chi connectivity index (χ1n) is 10.9. The molecule has 0 saturated carbocycles. The van der Waals surface area contributed by atoms with Crippen molar-refractivity contribution in [1.29, 1.82) is 0 Å². The van der Waals surface area contributed by atoms with Crippen molar-refractivity contribution >= 4 is 23.2 Å². The predicted octanol–water partition coefficient (Wildman–Crippen LogP) is 4.10. The molecule has 0 bridgehead atoms. The van der Waals surface area contributed by atoms with Gasteiger partial charge in [-0.2, -0.15) is 5.10 Å². The Hall–Kier alpha value is -5.38. The molecule has 5 rings (SSSR count). The molecular weight excluding hydrogens is 456 g/mol. The zero-order valence-electron chi connectivity index (χ0n) is 18.9. The Balaban J connectivity index is 1.33. The van der Waals surface area contributed by atoms with E-state index < -0.39 is 0 Å². The SMILES string of the molecule is C=CC(=O)Nc1cccc(-c2cn(-c3cccc(NC(=O)c4cccc(-c5ccn[nH]5)n4)c3)nn2)c1. The van der Waals surface area contributed by atoms with E-state index in [9.17, 15) is 9.59 Å². The predicted molar refractivity (Wildman–Crippen MR) is 135 cm³/mol. The summed E-state index contributed by atoms with van der Waals surface area (Å²) < 4.78 is 1.61. The third-order valence-electron chi connectivity index (χ3n) is 5.23. The fraction of sp³-hybridized carbons (Fsp3) is 0. The third kappa shape index (κ3) is 4.92. The van der Waals surface area contributed by atoms with Crippen LogP contribution >= 0.6 is 0 Å². The molecule has 10 nitrogen and oxygen atoms in total. The van der Waals surface area contributed by atoms with Crippen LogP contribution in [-0.4, -0.2) is 42.0 Å². The van der Waals surface area contributed by atoms with Gasteiger partial charge < -0.3 is 10.6 Å². The van der Waals surface area contributed by atoms with Gasteiger partial charge in [0.05, 0.1) is 23.3 Å². The summed E-state index contributed by atoms with van der Waals surface area (Å²) >= 11 is 0. The Kier molecular flexibility index (Phi) is 6.14. The molecular formula is C26H20N8O2. The van der Waals surface area contributed by atoms with E-state index in [0.717, 1.165) is 11.3 Å². The summed E-state index contributed by atoms with van der Waals surface area (Å²) in [6.45, 7) is 3.46. The summed E-state index contributed by atoms with van der Waals surface area (Å²) in [5.74, 6) is -0.635. The van der Waals surface area contributed by atoms with E-state index in [1.807, 2.05) is 24.3 Å². The molecule has 0 radical (unpaired) electrons. The van der Waals surface area contributed by atoms with Crippen molar-refractivity contribution in [3.8, 4) is 28.3 Å². The summed E-state index contributed by atoms with van der Waals surface area (Å²) in [5.41, 5.74) is 4.95.